The van der Waals surface area contributed by atoms with E-state index in [1.165, 1.54) is 0 Å². The molecule has 7 heteroatoms. The molecular weight excluding hydrogens is 352 g/mol. The Hall–Kier alpha value is -2.02. The van der Waals surface area contributed by atoms with Crippen molar-refractivity contribution in [3.05, 3.63) is 54.0 Å². The van der Waals surface area contributed by atoms with E-state index in [0.29, 0.717) is 17.9 Å². The van der Waals surface area contributed by atoms with Gasteiger partial charge in [-0.1, -0.05) is 26.0 Å². The summed E-state index contributed by atoms with van der Waals surface area (Å²) in [5, 5.41) is 19.1. The van der Waals surface area contributed by atoms with E-state index >= 15 is 0 Å². The molecule has 0 saturated carbocycles. The van der Waals surface area contributed by atoms with Gasteiger partial charge in [0.1, 0.15) is 11.9 Å². The zero-order chi connectivity index (χ0) is 17.8. The van der Waals surface area contributed by atoms with Gasteiger partial charge in [0.05, 0.1) is 23.8 Å². The molecule has 0 radical (unpaired) electrons. The van der Waals surface area contributed by atoms with E-state index in [1.54, 1.807) is 18.4 Å². The monoisotopic (exact) mass is 377 g/mol. The molecule has 1 aromatic carbocycles. The summed E-state index contributed by atoms with van der Waals surface area (Å²) in [7, 11) is 0. The average Bonchev–Trinajstić information content (AvgIpc) is 3.25. The topological polar surface area (TPSA) is 70.3 Å². The van der Waals surface area contributed by atoms with Crippen molar-refractivity contribution in [2.75, 3.05) is 19.6 Å². The van der Waals surface area contributed by atoms with Gasteiger partial charge in [0.15, 0.2) is 0 Å². The number of hydrogen-bond donors (Lipinski definition) is 2. The molecule has 6 nitrogen and oxygen atoms in total. The summed E-state index contributed by atoms with van der Waals surface area (Å²) >= 11 is 0. The van der Waals surface area contributed by atoms with E-state index in [4.69, 9.17) is 9.83 Å². The highest BCUT2D eigenvalue weighted by Gasteiger charge is 2.16. The van der Waals surface area contributed by atoms with Crippen molar-refractivity contribution in [1.82, 2.24) is 14.0 Å². The maximum absolute atomic E-state index is 10.4. The molecule has 0 aliphatic heterocycles. The van der Waals surface area contributed by atoms with Crippen molar-refractivity contribution >= 4 is 11.0 Å². The summed E-state index contributed by atoms with van der Waals surface area (Å²) in [6.07, 6.45) is 0.782. The van der Waals surface area contributed by atoms with Gasteiger partial charge in [0, 0.05) is 13.1 Å². The number of para-hydroxylation sites is 2. The molecule has 0 aliphatic carbocycles. The Kier molecular flexibility index (Phi) is 7.08. The number of hydrogen-bond acceptors (Lipinski definition) is 4. The molecule has 2 N–H and O–H groups in total. The van der Waals surface area contributed by atoms with Crippen LogP contribution < -0.4 is 18.0 Å². The third-order valence-corrected chi connectivity index (χ3v) is 4.74. The lowest BCUT2D eigenvalue weighted by molar-refractivity contribution is -0.00000737. The molecule has 0 saturated heterocycles. The molecule has 0 amide bonds. The predicted molar refractivity (Wildman–Crippen MR) is 97.2 cm³/mol. The highest BCUT2D eigenvalue weighted by molar-refractivity contribution is 5.75. The summed E-state index contributed by atoms with van der Waals surface area (Å²) in [6.45, 7) is 8.26. The number of aromatic nitrogens is 2. The second kappa shape index (κ2) is 9.07. The molecule has 1 atom stereocenters. The number of rotatable bonds is 8. The molecule has 0 spiro atoms. The first-order valence-electron chi connectivity index (χ1n) is 8.82. The zero-order valence-corrected chi connectivity index (χ0v) is 16.0. The molecule has 1 unspecified atom stereocenters. The van der Waals surface area contributed by atoms with Gasteiger partial charge in [-0.05, 0) is 37.4 Å². The summed E-state index contributed by atoms with van der Waals surface area (Å²) in [5.74, 6) is 0.520. The van der Waals surface area contributed by atoms with Crippen LogP contribution >= 0.6 is 0 Å². The van der Waals surface area contributed by atoms with Crippen molar-refractivity contribution in [3.8, 4) is 0 Å². The van der Waals surface area contributed by atoms with Gasteiger partial charge >= 0.3 is 0 Å². The second-order valence-electron chi connectivity index (χ2n) is 6.13. The van der Waals surface area contributed by atoms with Crippen LogP contribution in [-0.2, 0) is 13.1 Å². The van der Waals surface area contributed by atoms with Crippen molar-refractivity contribution < 1.29 is 21.9 Å². The second-order valence-corrected chi connectivity index (χ2v) is 6.13. The van der Waals surface area contributed by atoms with E-state index in [9.17, 15) is 5.11 Å². The summed E-state index contributed by atoms with van der Waals surface area (Å²) in [5.41, 5.74) is 2.38. The molecule has 142 valence electrons. The molecule has 3 rings (SSSR count). The minimum atomic E-state index is -0.772. The van der Waals surface area contributed by atoms with Crippen LogP contribution in [0.15, 0.2) is 47.1 Å². The molecule has 3 aromatic rings. The Morgan fingerprint density at radius 3 is 2.31 bits per heavy atom. The lowest BCUT2D eigenvalue weighted by Gasteiger charge is -2.18. The molecule has 2 heterocycles. The van der Waals surface area contributed by atoms with E-state index in [0.717, 1.165) is 37.2 Å². The highest BCUT2D eigenvalue weighted by atomic mass is 35.5. The van der Waals surface area contributed by atoms with Gasteiger partial charge in [0.25, 0.3) is 0 Å². The SMILES string of the molecule is CCN(CC)CCn1c(=N)n(CC(O)c2ccco2)c2ccccc21.[Cl-]. The fraction of sp³-hybridized carbons (Fsp3) is 0.421. The van der Waals surface area contributed by atoms with Crippen LogP contribution in [0.25, 0.3) is 11.0 Å². The van der Waals surface area contributed by atoms with Gasteiger partial charge in [-0.25, -0.2) is 0 Å². The summed E-state index contributed by atoms with van der Waals surface area (Å²) < 4.78 is 9.16. The fourth-order valence-corrected chi connectivity index (χ4v) is 3.23. The van der Waals surface area contributed by atoms with Crippen LogP contribution in [0.2, 0.25) is 0 Å². The van der Waals surface area contributed by atoms with Crippen LogP contribution in [0, 0.1) is 5.41 Å². The van der Waals surface area contributed by atoms with Crippen LogP contribution in [0.4, 0.5) is 0 Å². The van der Waals surface area contributed by atoms with Gasteiger partial charge in [-0.2, -0.15) is 0 Å². The number of aliphatic hydroxyl groups is 1. The largest absolute Gasteiger partial charge is 1.00 e. The summed E-state index contributed by atoms with van der Waals surface area (Å²) in [6, 6.07) is 11.5. The fourth-order valence-electron chi connectivity index (χ4n) is 3.23. The maximum atomic E-state index is 10.4. The summed E-state index contributed by atoms with van der Waals surface area (Å²) in [4.78, 5) is 2.34. The van der Waals surface area contributed by atoms with Crippen LogP contribution in [-0.4, -0.2) is 38.8 Å². The first kappa shape index (κ1) is 20.3. The number of halogens is 1. The first-order chi connectivity index (χ1) is 12.2. The number of nitrogens with zero attached hydrogens (tertiary/aromatic N) is 3. The Morgan fingerprint density at radius 1 is 1.08 bits per heavy atom. The number of aliphatic hydroxyl groups excluding tert-OH is 1. The smallest absolute Gasteiger partial charge is 0.203 e. The van der Waals surface area contributed by atoms with E-state index < -0.39 is 6.10 Å². The van der Waals surface area contributed by atoms with Gasteiger partial charge in [-0.3, -0.25) is 5.41 Å². The van der Waals surface area contributed by atoms with Crippen LogP contribution in [0.5, 0.6) is 0 Å². The molecule has 0 fully saturated rings. The van der Waals surface area contributed by atoms with Gasteiger partial charge in [-0.15, -0.1) is 0 Å². The quantitative estimate of drug-likeness (QED) is 0.561. The third-order valence-electron chi connectivity index (χ3n) is 4.74. The number of furan rings is 1. The van der Waals surface area contributed by atoms with E-state index in [2.05, 4.69) is 18.7 Å². The Balaban J connectivity index is 0.00000243. The standard InChI is InChI=1S/C19H26N4O2.ClH/c1-3-21(4-2)11-12-22-15-8-5-6-9-16(15)23(19(22)20)14-17(24)18-10-7-13-25-18;/h5-10,13,17,20,24H,3-4,11-12,14H2,1-2H3;1H/p-1. The molecular formula is C19H26ClN4O2-. The van der Waals surface area contributed by atoms with Crippen molar-refractivity contribution in [2.45, 2.75) is 33.0 Å². The first-order valence-corrected chi connectivity index (χ1v) is 8.82. The number of nitrogens with one attached hydrogen (secondary N) is 1. The number of benzene rings is 1. The van der Waals surface area contributed by atoms with E-state index in [-0.39, 0.29) is 12.4 Å². The van der Waals surface area contributed by atoms with Crippen LogP contribution in [0.3, 0.4) is 0 Å². The predicted octanol–water partition coefficient (Wildman–Crippen LogP) is -0.405. The number of likely N-dealkylation sites (N-methyl/N-ethyl adjacent to an activating group) is 1. The van der Waals surface area contributed by atoms with Gasteiger partial charge < -0.3 is 36.0 Å². The Labute approximate surface area is 159 Å². The van der Waals surface area contributed by atoms with Crippen molar-refractivity contribution in [1.29, 1.82) is 5.41 Å². The highest BCUT2D eigenvalue weighted by Crippen LogP contribution is 2.19. The normalized spacial score (nSPS) is 12.5. The molecule has 26 heavy (non-hydrogen) atoms. The van der Waals surface area contributed by atoms with Crippen molar-refractivity contribution in [3.63, 3.8) is 0 Å². The van der Waals surface area contributed by atoms with Crippen LogP contribution in [0.1, 0.15) is 25.7 Å². The minimum absolute atomic E-state index is 0. The number of fused-ring (bicyclic) bond motifs is 1. The van der Waals surface area contributed by atoms with Gasteiger partial charge in [0.2, 0.25) is 5.62 Å². The third kappa shape index (κ3) is 4.03. The van der Waals surface area contributed by atoms with Crippen molar-refractivity contribution in [2.24, 2.45) is 0 Å². The lowest BCUT2D eigenvalue weighted by atomic mass is 10.2. The van der Waals surface area contributed by atoms with E-state index in [1.807, 2.05) is 33.4 Å². The molecule has 0 bridgehead atoms. The number of imidazole rings is 1. The minimum Gasteiger partial charge on any atom is -1.00 e. The average molecular weight is 378 g/mol. The zero-order valence-electron chi connectivity index (χ0n) is 15.2. The maximum Gasteiger partial charge on any atom is 0.203 e. The Morgan fingerprint density at radius 2 is 1.73 bits per heavy atom. The lowest BCUT2D eigenvalue weighted by Crippen LogP contribution is -3.00. The molecule has 0 aliphatic rings. The Bertz CT molecular complexity index is 865. The molecule has 2 aromatic heterocycles.